The molecule has 0 amide bonds. The molecule has 2 heteroatoms. The minimum Gasteiger partial charge on any atom is -0.490 e. The number of hydrogen-bond acceptors (Lipinski definition) is 2. The highest BCUT2D eigenvalue weighted by atomic mass is 16.5. The molecule has 2 rings (SSSR count). The van der Waals surface area contributed by atoms with Gasteiger partial charge in [-0.1, -0.05) is 38.1 Å². The van der Waals surface area contributed by atoms with Gasteiger partial charge in [-0.3, -0.25) is 0 Å². The summed E-state index contributed by atoms with van der Waals surface area (Å²) in [6.07, 6.45) is 8.36. The van der Waals surface area contributed by atoms with Crippen molar-refractivity contribution in [3.63, 3.8) is 0 Å². The van der Waals surface area contributed by atoms with Gasteiger partial charge in [-0.2, -0.15) is 0 Å². The van der Waals surface area contributed by atoms with Crippen LogP contribution in [0.15, 0.2) is 30.3 Å². The van der Waals surface area contributed by atoms with E-state index < -0.39 is 0 Å². The summed E-state index contributed by atoms with van der Waals surface area (Å²) in [7, 11) is 0. The predicted molar refractivity (Wildman–Crippen MR) is 76.9 cm³/mol. The van der Waals surface area contributed by atoms with Crippen molar-refractivity contribution in [2.75, 3.05) is 6.54 Å². The van der Waals surface area contributed by atoms with Gasteiger partial charge >= 0.3 is 0 Å². The third-order valence-corrected chi connectivity index (χ3v) is 2.88. The van der Waals surface area contributed by atoms with Crippen LogP contribution in [0.5, 0.6) is 5.75 Å². The molecule has 1 aromatic rings. The van der Waals surface area contributed by atoms with Crippen molar-refractivity contribution in [3.8, 4) is 5.75 Å². The molecular weight excluding hydrogens is 222 g/mol. The number of ether oxygens (including phenoxy) is 1. The fourth-order valence-electron chi connectivity index (χ4n) is 1.71. The van der Waals surface area contributed by atoms with E-state index in [0.29, 0.717) is 12.1 Å². The Bertz CT molecular complexity index is 377. The second kappa shape index (κ2) is 6.60. The van der Waals surface area contributed by atoms with E-state index in [0.717, 1.165) is 18.7 Å². The van der Waals surface area contributed by atoms with Gasteiger partial charge in [0.05, 0.1) is 6.10 Å². The van der Waals surface area contributed by atoms with Crippen molar-refractivity contribution >= 4 is 6.08 Å². The molecule has 1 aromatic carbocycles. The minimum absolute atomic E-state index is 0.480. The monoisotopic (exact) mass is 245 g/mol. The fourth-order valence-corrected chi connectivity index (χ4v) is 1.71. The average molecular weight is 245 g/mol. The molecule has 98 valence electrons. The van der Waals surface area contributed by atoms with Gasteiger partial charge in [0.1, 0.15) is 5.75 Å². The molecule has 0 atom stereocenters. The quantitative estimate of drug-likeness (QED) is 0.741. The van der Waals surface area contributed by atoms with E-state index in [4.69, 9.17) is 4.74 Å². The van der Waals surface area contributed by atoms with Crippen molar-refractivity contribution in [1.82, 2.24) is 5.32 Å². The van der Waals surface area contributed by atoms with Crippen LogP contribution in [0.2, 0.25) is 0 Å². The first-order valence-electron chi connectivity index (χ1n) is 6.90. The Kier molecular flexibility index (Phi) is 4.82. The molecule has 18 heavy (non-hydrogen) atoms. The Morgan fingerprint density at radius 1 is 1.28 bits per heavy atom. The molecule has 0 spiro atoms. The molecule has 0 radical (unpaired) electrons. The van der Waals surface area contributed by atoms with Gasteiger partial charge in [-0.15, -0.1) is 0 Å². The van der Waals surface area contributed by atoms with E-state index in [9.17, 15) is 0 Å². The van der Waals surface area contributed by atoms with Gasteiger partial charge in [-0.05, 0) is 43.5 Å². The highest BCUT2D eigenvalue weighted by Crippen LogP contribution is 2.26. The number of rotatable bonds is 7. The molecule has 1 aliphatic carbocycles. The Balaban J connectivity index is 1.73. The number of benzene rings is 1. The fraction of sp³-hybridized carbons (Fsp3) is 0.500. The lowest BCUT2D eigenvalue weighted by Crippen LogP contribution is -2.23. The maximum absolute atomic E-state index is 5.72. The van der Waals surface area contributed by atoms with Crippen molar-refractivity contribution in [1.29, 1.82) is 0 Å². The molecule has 0 heterocycles. The minimum atomic E-state index is 0.480. The third-order valence-electron chi connectivity index (χ3n) is 2.88. The van der Waals surface area contributed by atoms with Gasteiger partial charge in [0.25, 0.3) is 0 Å². The molecule has 0 aromatic heterocycles. The standard InChI is InChI=1S/C16H23NO/c1-13(2)17-12-4-3-5-14-6-8-15(9-7-14)18-16-10-11-16/h3,5-9,13,16-17H,4,10-12H2,1-2H3/b5-3+. The van der Waals surface area contributed by atoms with Crippen LogP contribution in [0.3, 0.4) is 0 Å². The second-order valence-electron chi connectivity index (χ2n) is 5.19. The molecule has 0 bridgehead atoms. The first-order valence-corrected chi connectivity index (χ1v) is 6.90. The summed E-state index contributed by atoms with van der Waals surface area (Å²) in [6.45, 7) is 5.38. The Morgan fingerprint density at radius 2 is 2.00 bits per heavy atom. The molecule has 0 unspecified atom stereocenters. The van der Waals surface area contributed by atoms with Gasteiger partial charge < -0.3 is 10.1 Å². The van der Waals surface area contributed by atoms with Crippen molar-refractivity contribution in [3.05, 3.63) is 35.9 Å². The lowest BCUT2D eigenvalue weighted by atomic mass is 10.2. The molecule has 1 saturated carbocycles. The SMILES string of the molecule is CC(C)NCC/C=C/c1ccc(OC2CC2)cc1. The summed E-state index contributed by atoms with van der Waals surface area (Å²) in [4.78, 5) is 0. The first-order chi connectivity index (χ1) is 8.74. The zero-order valence-electron chi connectivity index (χ0n) is 11.4. The predicted octanol–water partition coefficient (Wildman–Crippen LogP) is 3.63. The molecule has 0 saturated heterocycles. The van der Waals surface area contributed by atoms with Crippen molar-refractivity contribution in [2.45, 2.75) is 45.3 Å². The topological polar surface area (TPSA) is 21.3 Å². The molecule has 2 nitrogen and oxygen atoms in total. The smallest absolute Gasteiger partial charge is 0.119 e. The van der Waals surface area contributed by atoms with Crippen LogP contribution in [0, 0.1) is 0 Å². The van der Waals surface area contributed by atoms with Crippen LogP contribution in [0.1, 0.15) is 38.7 Å². The van der Waals surface area contributed by atoms with Gasteiger partial charge in [0, 0.05) is 6.04 Å². The summed E-state index contributed by atoms with van der Waals surface area (Å²) in [5.41, 5.74) is 1.24. The highest BCUT2D eigenvalue weighted by molar-refractivity contribution is 5.50. The summed E-state index contributed by atoms with van der Waals surface area (Å²) < 4.78 is 5.72. The van der Waals surface area contributed by atoms with E-state index in [1.807, 2.05) is 0 Å². The van der Waals surface area contributed by atoms with Crippen LogP contribution in [-0.4, -0.2) is 18.7 Å². The van der Waals surface area contributed by atoms with Crippen LogP contribution in [0.4, 0.5) is 0 Å². The zero-order valence-corrected chi connectivity index (χ0v) is 11.4. The number of nitrogens with one attached hydrogen (secondary N) is 1. The Morgan fingerprint density at radius 3 is 2.61 bits per heavy atom. The number of hydrogen-bond donors (Lipinski definition) is 1. The van der Waals surface area contributed by atoms with E-state index >= 15 is 0 Å². The zero-order chi connectivity index (χ0) is 12.8. The van der Waals surface area contributed by atoms with Crippen LogP contribution in [-0.2, 0) is 0 Å². The Labute approximate surface area is 110 Å². The molecule has 1 fully saturated rings. The average Bonchev–Trinajstić information content (AvgIpc) is 3.14. The van der Waals surface area contributed by atoms with E-state index in [-0.39, 0.29) is 0 Å². The summed E-state index contributed by atoms with van der Waals surface area (Å²) >= 11 is 0. The van der Waals surface area contributed by atoms with Crippen LogP contribution >= 0.6 is 0 Å². The summed E-state index contributed by atoms with van der Waals surface area (Å²) in [5.74, 6) is 0.996. The first kappa shape index (κ1) is 13.2. The molecule has 0 aliphatic heterocycles. The normalized spacial score (nSPS) is 15.5. The van der Waals surface area contributed by atoms with Crippen LogP contribution in [0.25, 0.3) is 6.08 Å². The maximum Gasteiger partial charge on any atom is 0.119 e. The van der Waals surface area contributed by atoms with Gasteiger partial charge in [0.2, 0.25) is 0 Å². The van der Waals surface area contributed by atoms with Crippen molar-refractivity contribution < 1.29 is 4.74 Å². The summed E-state index contributed by atoms with van der Waals surface area (Å²) in [6, 6.07) is 8.92. The van der Waals surface area contributed by atoms with Crippen molar-refractivity contribution in [2.24, 2.45) is 0 Å². The lowest BCUT2D eigenvalue weighted by molar-refractivity contribution is 0.303. The van der Waals surface area contributed by atoms with Gasteiger partial charge in [0.15, 0.2) is 0 Å². The van der Waals surface area contributed by atoms with Crippen LogP contribution < -0.4 is 10.1 Å². The molecular formula is C16H23NO. The largest absolute Gasteiger partial charge is 0.490 e. The summed E-state index contributed by atoms with van der Waals surface area (Å²) in [5, 5.41) is 3.40. The van der Waals surface area contributed by atoms with E-state index in [1.54, 1.807) is 0 Å². The highest BCUT2D eigenvalue weighted by Gasteiger charge is 2.23. The van der Waals surface area contributed by atoms with E-state index in [1.165, 1.54) is 18.4 Å². The third kappa shape index (κ3) is 4.92. The van der Waals surface area contributed by atoms with E-state index in [2.05, 4.69) is 55.6 Å². The molecule has 1 N–H and O–H groups in total. The molecule has 1 aliphatic rings. The lowest BCUT2D eigenvalue weighted by Gasteiger charge is -2.05. The van der Waals surface area contributed by atoms with Gasteiger partial charge in [-0.25, -0.2) is 0 Å². The Hall–Kier alpha value is -1.28. The maximum atomic E-state index is 5.72. The second-order valence-corrected chi connectivity index (χ2v) is 5.19.